The summed E-state index contributed by atoms with van der Waals surface area (Å²) in [5.41, 5.74) is 8.85. The van der Waals surface area contributed by atoms with Crippen LogP contribution in [0, 0.1) is 34.5 Å². The molecule has 8 rings (SSSR count). The average molecular weight is 754 g/mol. The fraction of sp³-hybridized carbons (Fsp3) is 0.638. The van der Waals surface area contributed by atoms with Gasteiger partial charge in [0.15, 0.2) is 5.78 Å². The maximum absolute atomic E-state index is 15.1. The van der Waals surface area contributed by atoms with Crippen molar-refractivity contribution in [2.24, 2.45) is 34.5 Å². The van der Waals surface area contributed by atoms with Crippen LogP contribution in [0.3, 0.4) is 0 Å². The molecule has 3 heterocycles. The predicted octanol–water partition coefficient (Wildman–Crippen LogP) is 12.3. The minimum Gasteiger partial charge on any atom is -0.365 e. The molecule has 2 saturated carbocycles. The van der Waals surface area contributed by atoms with Gasteiger partial charge in [0.2, 0.25) is 0 Å². The molecule has 0 saturated heterocycles. The molecule has 6 nitrogen and oxygen atoms in total. The maximum atomic E-state index is 15.1. The van der Waals surface area contributed by atoms with E-state index < -0.39 is 13.2 Å². The first-order valence-electron chi connectivity index (χ1n) is 20.8. The second-order valence-electron chi connectivity index (χ2n) is 19.6. The van der Waals surface area contributed by atoms with Gasteiger partial charge in [-0.25, -0.2) is 0 Å². The lowest BCUT2D eigenvalue weighted by molar-refractivity contribution is -0.127. The zero-order chi connectivity index (χ0) is 39.1. The molecule has 0 amide bonds. The number of ether oxygens (including phenoxy) is 1. The summed E-state index contributed by atoms with van der Waals surface area (Å²) in [7, 11) is -3.28. The number of Topliss-reactive ketones (excluding diaryl/α,β-unsaturated/α-hetero) is 1. The number of aromatic nitrogens is 1. The van der Waals surface area contributed by atoms with Crippen LogP contribution < -0.4 is 0 Å². The van der Waals surface area contributed by atoms with Crippen molar-refractivity contribution in [2.45, 2.75) is 144 Å². The number of nitrogens with zero attached hydrogens (tertiary/aromatic N) is 1. The Morgan fingerprint density at radius 2 is 1.72 bits per heavy atom. The molecule has 7 heteroatoms. The maximum Gasteiger partial charge on any atom is 0.354 e. The zero-order valence-electron chi connectivity index (χ0n) is 35.0. The first-order valence-corrected chi connectivity index (χ1v) is 22.5. The Morgan fingerprint density at radius 1 is 1.04 bits per heavy atom. The van der Waals surface area contributed by atoms with Gasteiger partial charge in [-0.1, -0.05) is 65.0 Å². The van der Waals surface area contributed by atoms with Gasteiger partial charge in [-0.2, -0.15) is 0 Å². The highest BCUT2D eigenvalue weighted by atomic mass is 31.2. The Hall–Kier alpha value is -2.50. The van der Waals surface area contributed by atoms with Gasteiger partial charge in [-0.05, 0) is 149 Å². The molecule has 292 valence electrons. The van der Waals surface area contributed by atoms with E-state index in [1.165, 1.54) is 39.8 Å². The monoisotopic (exact) mass is 753 g/mol. The summed E-state index contributed by atoms with van der Waals surface area (Å²) >= 11 is 0. The number of hydrogen-bond acceptors (Lipinski definition) is 5. The molecule has 2 unspecified atom stereocenters. The largest absolute Gasteiger partial charge is 0.365 e. The van der Waals surface area contributed by atoms with E-state index in [0.29, 0.717) is 31.0 Å². The molecule has 6 aliphatic rings. The van der Waals surface area contributed by atoms with E-state index in [1.54, 1.807) is 5.82 Å². The van der Waals surface area contributed by atoms with Crippen LogP contribution in [0.4, 0.5) is 0 Å². The Kier molecular flexibility index (Phi) is 8.71. The fourth-order valence-electron chi connectivity index (χ4n) is 13.7. The zero-order valence-corrected chi connectivity index (χ0v) is 35.9. The van der Waals surface area contributed by atoms with Crippen molar-refractivity contribution in [1.29, 1.82) is 0 Å². The SMILES string of the molecule is C=C(C)[C@H]1C(=O)c2c3c(cc4c5c(n1c24)[C@@]1(C)C(CC[C@H]2[C@](C)(/C=C/C=C/P(=O)(OCC)OCC)[C@@H](C)CC[C@@]21C)C5)C1=CC(C)(C)OC(C)(C)C1[C@@H]3C. The quantitative estimate of drug-likeness (QED) is 0.153. The summed E-state index contributed by atoms with van der Waals surface area (Å²) in [5.74, 6) is 3.63. The van der Waals surface area contributed by atoms with Crippen molar-refractivity contribution < 1.29 is 23.1 Å². The van der Waals surface area contributed by atoms with Crippen LogP contribution in [0.5, 0.6) is 0 Å². The molecule has 9 atom stereocenters. The summed E-state index contributed by atoms with van der Waals surface area (Å²) in [6.07, 6.45) is 14.4. The summed E-state index contributed by atoms with van der Waals surface area (Å²) in [6.45, 7) is 32.1. The lowest BCUT2D eigenvalue weighted by Gasteiger charge is -2.65. The van der Waals surface area contributed by atoms with Crippen molar-refractivity contribution in [3.8, 4) is 0 Å². The first-order chi connectivity index (χ1) is 25.2. The van der Waals surface area contributed by atoms with Gasteiger partial charge < -0.3 is 18.4 Å². The third-order valence-corrected chi connectivity index (χ3v) is 17.7. The van der Waals surface area contributed by atoms with Crippen LogP contribution in [0.15, 0.2) is 48.3 Å². The molecule has 2 aromatic rings. The van der Waals surface area contributed by atoms with E-state index in [9.17, 15) is 4.57 Å². The molecule has 2 aliphatic heterocycles. The lowest BCUT2D eigenvalue weighted by atomic mass is 9.39. The summed E-state index contributed by atoms with van der Waals surface area (Å²) < 4.78 is 33.5. The second kappa shape index (κ2) is 12.3. The van der Waals surface area contributed by atoms with Gasteiger partial charge in [0.1, 0.15) is 6.04 Å². The van der Waals surface area contributed by atoms with Crippen LogP contribution in [0.1, 0.15) is 153 Å². The third kappa shape index (κ3) is 4.94. The molecule has 0 spiro atoms. The molecular formula is C47H64NO5P. The molecular weight excluding hydrogens is 689 g/mol. The van der Waals surface area contributed by atoms with Crippen molar-refractivity contribution in [2.75, 3.05) is 13.2 Å². The Balaban J connectivity index is 1.29. The number of benzene rings is 1. The highest BCUT2D eigenvalue weighted by Gasteiger charge is 2.67. The number of carbonyl (C=O) groups excluding carboxylic acids is 1. The fourth-order valence-corrected chi connectivity index (χ4v) is 15.0. The molecule has 2 fully saturated rings. The van der Waals surface area contributed by atoms with Crippen molar-refractivity contribution in [3.05, 3.63) is 76.3 Å². The number of allylic oxidation sites excluding steroid dienone is 4. The van der Waals surface area contributed by atoms with Gasteiger partial charge in [-0.3, -0.25) is 9.36 Å². The number of carbonyl (C=O) groups is 1. The van der Waals surface area contributed by atoms with E-state index in [-0.39, 0.29) is 45.5 Å². The lowest BCUT2D eigenvalue weighted by Crippen LogP contribution is -2.60. The molecule has 1 aromatic heterocycles. The van der Waals surface area contributed by atoms with Crippen LogP contribution in [0.25, 0.3) is 16.5 Å². The summed E-state index contributed by atoms with van der Waals surface area (Å²) in [4.78, 5) is 15.1. The molecule has 0 radical (unpaired) electrons. The smallest absolute Gasteiger partial charge is 0.354 e. The van der Waals surface area contributed by atoms with Gasteiger partial charge in [0.05, 0.1) is 29.9 Å². The van der Waals surface area contributed by atoms with Gasteiger partial charge in [-0.15, -0.1) is 0 Å². The van der Waals surface area contributed by atoms with E-state index in [0.717, 1.165) is 42.3 Å². The normalized spacial score (nSPS) is 37.4. The van der Waals surface area contributed by atoms with Crippen LogP contribution in [-0.4, -0.2) is 34.8 Å². The minimum atomic E-state index is -3.28. The molecule has 54 heavy (non-hydrogen) atoms. The number of rotatable bonds is 8. The molecule has 4 aliphatic carbocycles. The van der Waals surface area contributed by atoms with Gasteiger partial charge in [0, 0.05) is 33.8 Å². The second-order valence-corrected chi connectivity index (χ2v) is 21.5. The Labute approximate surface area is 324 Å². The van der Waals surface area contributed by atoms with Crippen LogP contribution in [0.2, 0.25) is 0 Å². The predicted molar refractivity (Wildman–Crippen MR) is 220 cm³/mol. The summed E-state index contributed by atoms with van der Waals surface area (Å²) in [5, 5.41) is 1.30. The number of fused-ring (bicyclic) bond motifs is 11. The third-order valence-electron chi connectivity index (χ3n) is 15.9. The van der Waals surface area contributed by atoms with E-state index in [2.05, 4.69) is 105 Å². The molecule has 1 aromatic carbocycles. The Bertz CT molecular complexity index is 2100. The Morgan fingerprint density at radius 3 is 2.37 bits per heavy atom. The number of ketones is 1. The average Bonchev–Trinajstić information content (AvgIpc) is 3.74. The van der Waals surface area contributed by atoms with Crippen LogP contribution >= 0.6 is 7.60 Å². The minimum absolute atomic E-state index is 0.000118. The number of hydrogen-bond donors (Lipinski definition) is 0. The topological polar surface area (TPSA) is 66.8 Å². The van der Waals surface area contributed by atoms with E-state index in [1.807, 2.05) is 19.9 Å². The van der Waals surface area contributed by atoms with Gasteiger partial charge >= 0.3 is 7.60 Å². The molecule has 0 bridgehead atoms. The summed E-state index contributed by atoms with van der Waals surface area (Å²) in [6, 6.07) is 2.12. The first kappa shape index (κ1) is 38.4. The van der Waals surface area contributed by atoms with Crippen LogP contribution in [-0.2, 0) is 30.2 Å². The highest BCUT2D eigenvalue weighted by molar-refractivity contribution is 7.57. The van der Waals surface area contributed by atoms with Crippen molar-refractivity contribution >= 4 is 29.9 Å². The highest BCUT2D eigenvalue weighted by Crippen LogP contribution is 2.72. The molecule has 0 N–H and O–H groups in total. The van der Waals surface area contributed by atoms with E-state index in [4.69, 9.17) is 13.8 Å². The van der Waals surface area contributed by atoms with Gasteiger partial charge in [0.25, 0.3) is 0 Å². The van der Waals surface area contributed by atoms with Crippen molar-refractivity contribution in [1.82, 2.24) is 4.57 Å². The van der Waals surface area contributed by atoms with Crippen molar-refractivity contribution in [3.63, 3.8) is 0 Å². The van der Waals surface area contributed by atoms with E-state index >= 15 is 4.79 Å². The standard InChI is InChI=1S/C47H64NO5P/c1-14-51-54(50,52-15-2)23-17-16-21-45(11)28(5)20-22-46(12)35(45)19-18-30-24-33-32-25-31-34-26-43(7,8)53-44(9,10)38(34)29(6)36(31)37-40(32)48(42(33)47(30,46)13)39(27(3)4)41(37)49/h16-17,21,23,25-26,28-30,35,38-39H,3,14-15,18-20,22,24H2,1-2,4-13H3/b21-16+,23-17+/t28-,29+,30?,35-,38?,39-,45+,46-,47+/m0/s1.